The molecule has 10 nitrogen and oxygen atoms in total. The molecule has 0 radical (unpaired) electrons. The second-order valence-electron chi connectivity index (χ2n) is 7.75. The van der Waals surface area contributed by atoms with E-state index >= 15 is 0 Å². The molecular formula is C25H32N6O4. The number of nitrogens with zero attached hydrogens (tertiary/aromatic N) is 3. The van der Waals surface area contributed by atoms with E-state index in [2.05, 4.69) is 30.9 Å². The second kappa shape index (κ2) is 14.5. The fraction of sp³-hybridized carbons (Fsp3) is 0.360. The summed E-state index contributed by atoms with van der Waals surface area (Å²) in [5, 5.41) is 9.11. The lowest BCUT2D eigenvalue weighted by Crippen LogP contribution is -2.27. The number of hydrogen-bond donors (Lipinski definition) is 3. The number of benzene rings is 2. The molecule has 1 amide bonds. The number of hydrogen-bond acceptors (Lipinski definition) is 9. The Kier molecular flexibility index (Phi) is 10.7. The highest BCUT2D eigenvalue weighted by atomic mass is 16.5. The van der Waals surface area contributed by atoms with E-state index < -0.39 is 0 Å². The molecule has 1 aromatic heterocycles. The highest BCUT2D eigenvalue weighted by Gasteiger charge is 2.09. The smallest absolute Gasteiger partial charge is 0.328 e. The van der Waals surface area contributed by atoms with Crippen LogP contribution in [0.1, 0.15) is 24.2 Å². The van der Waals surface area contributed by atoms with Crippen molar-refractivity contribution in [1.29, 1.82) is 0 Å². The third kappa shape index (κ3) is 9.95. The van der Waals surface area contributed by atoms with Crippen molar-refractivity contribution in [2.75, 3.05) is 50.2 Å². The minimum absolute atomic E-state index is 0.112. The average Bonchev–Trinajstić information content (AvgIpc) is 2.85. The zero-order chi connectivity index (χ0) is 24.7. The highest BCUT2D eigenvalue weighted by Crippen LogP contribution is 2.19. The number of carbonyl (C=O) groups is 1. The fourth-order valence-electron chi connectivity index (χ4n) is 2.88. The first kappa shape index (κ1) is 25.9. The Morgan fingerprint density at radius 1 is 0.800 bits per heavy atom. The van der Waals surface area contributed by atoms with Gasteiger partial charge in [-0.1, -0.05) is 36.4 Å². The molecular weight excluding hydrogens is 448 g/mol. The summed E-state index contributed by atoms with van der Waals surface area (Å²) in [5.74, 6) is 1.35. The third-order valence-corrected chi connectivity index (χ3v) is 4.45. The molecule has 0 saturated heterocycles. The molecule has 0 aliphatic heterocycles. The van der Waals surface area contributed by atoms with Crippen LogP contribution < -0.4 is 20.7 Å². The van der Waals surface area contributed by atoms with Gasteiger partial charge in [0.1, 0.15) is 5.75 Å². The predicted octanol–water partition coefficient (Wildman–Crippen LogP) is 3.36. The van der Waals surface area contributed by atoms with Crippen LogP contribution in [0.5, 0.6) is 11.8 Å². The first-order chi connectivity index (χ1) is 17.1. The molecule has 0 aliphatic carbocycles. The lowest BCUT2D eigenvalue weighted by molar-refractivity contribution is 0.0519. The van der Waals surface area contributed by atoms with Crippen LogP contribution in [-0.2, 0) is 9.47 Å². The van der Waals surface area contributed by atoms with Crippen molar-refractivity contribution >= 4 is 17.8 Å². The number of amides is 1. The molecule has 0 spiro atoms. The summed E-state index contributed by atoms with van der Waals surface area (Å²) in [5.41, 5.74) is 0.632. The van der Waals surface area contributed by atoms with E-state index in [0.717, 1.165) is 0 Å². The van der Waals surface area contributed by atoms with Crippen molar-refractivity contribution in [2.24, 2.45) is 0 Å². The van der Waals surface area contributed by atoms with Crippen LogP contribution in [0.4, 0.5) is 11.9 Å². The van der Waals surface area contributed by atoms with Crippen LogP contribution in [-0.4, -0.2) is 66.4 Å². The van der Waals surface area contributed by atoms with Gasteiger partial charge < -0.3 is 30.2 Å². The quantitative estimate of drug-likeness (QED) is 0.281. The molecule has 186 valence electrons. The number of ether oxygens (including phenoxy) is 3. The van der Waals surface area contributed by atoms with Crippen LogP contribution in [0.2, 0.25) is 0 Å². The predicted molar refractivity (Wildman–Crippen MR) is 134 cm³/mol. The van der Waals surface area contributed by atoms with Gasteiger partial charge in [-0.3, -0.25) is 4.79 Å². The molecule has 0 aliphatic rings. The van der Waals surface area contributed by atoms with E-state index in [1.807, 2.05) is 62.4 Å². The summed E-state index contributed by atoms with van der Waals surface area (Å²) in [7, 11) is 0. The molecule has 0 atom stereocenters. The van der Waals surface area contributed by atoms with E-state index in [4.69, 9.17) is 14.2 Å². The van der Waals surface area contributed by atoms with Crippen LogP contribution in [0.25, 0.3) is 0 Å². The summed E-state index contributed by atoms with van der Waals surface area (Å²) in [6.45, 7) is 6.68. The molecule has 0 fully saturated rings. The molecule has 2 aromatic carbocycles. The van der Waals surface area contributed by atoms with Gasteiger partial charge >= 0.3 is 6.01 Å². The maximum Gasteiger partial charge on any atom is 0.328 e. The maximum absolute atomic E-state index is 11.9. The molecule has 3 rings (SSSR count). The number of nitrogens with one attached hydrogen (secondary N) is 3. The molecule has 3 aromatic rings. The van der Waals surface area contributed by atoms with E-state index in [1.54, 1.807) is 12.1 Å². The molecule has 1 heterocycles. The topological polar surface area (TPSA) is 120 Å². The minimum Gasteiger partial charge on any atom is -0.424 e. The van der Waals surface area contributed by atoms with E-state index in [-0.39, 0.29) is 18.0 Å². The van der Waals surface area contributed by atoms with Crippen molar-refractivity contribution in [3.8, 4) is 11.8 Å². The van der Waals surface area contributed by atoms with Gasteiger partial charge in [0.25, 0.3) is 5.91 Å². The van der Waals surface area contributed by atoms with Gasteiger partial charge in [0.15, 0.2) is 0 Å². The molecule has 35 heavy (non-hydrogen) atoms. The lowest BCUT2D eigenvalue weighted by Gasteiger charge is -2.12. The molecule has 0 bridgehead atoms. The van der Waals surface area contributed by atoms with Crippen LogP contribution in [0, 0.1) is 0 Å². The Balaban J connectivity index is 1.32. The Morgan fingerprint density at radius 3 is 2.11 bits per heavy atom. The van der Waals surface area contributed by atoms with Gasteiger partial charge in [0.2, 0.25) is 11.9 Å². The van der Waals surface area contributed by atoms with E-state index in [0.29, 0.717) is 62.7 Å². The SMILES string of the molecule is CC(C)Nc1nc(NCCOCCOCCNC(=O)c2ccccc2)nc(Oc2ccccc2)n1. The maximum atomic E-state index is 11.9. The third-order valence-electron chi connectivity index (χ3n) is 4.45. The van der Waals surface area contributed by atoms with E-state index in [9.17, 15) is 4.79 Å². The van der Waals surface area contributed by atoms with Crippen LogP contribution in [0.3, 0.4) is 0 Å². The van der Waals surface area contributed by atoms with Gasteiger partial charge in [0, 0.05) is 24.7 Å². The summed E-state index contributed by atoms with van der Waals surface area (Å²) < 4.78 is 16.8. The number of rotatable bonds is 15. The van der Waals surface area contributed by atoms with Crippen molar-refractivity contribution in [1.82, 2.24) is 20.3 Å². The van der Waals surface area contributed by atoms with Gasteiger partial charge in [-0.25, -0.2) is 0 Å². The van der Waals surface area contributed by atoms with E-state index in [1.165, 1.54) is 0 Å². The molecule has 0 unspecified atom stereocenters. The van der Waals surface area contributed by atoms with Gasteiger partial charge in [0.05, 0.1) is 26.4 Å². The Hall–Kier alpha value is -3.76. The zero-order valence-electron chi connectivity index (χ0n) is 20.1. The number of carbonyl (C=O) groups excluding carboxylic acids is 1. The standard InChI is InChI=1S/C25H32N6O4/c1-19(2)28-24-29-23(30-25(31-24)35-21-11-7-4-8-12-21)27-14-16-34-18-17-33-15-13-26-22(32)20-9-5-3-6-10-20/h3-12,19H,13-18H2,1-2H3,(H,26,32)(H2,27,28,29,30,31). The summed E-state index contributed by atoms with van der Waals surface area (Å²) in [6.07, 6.45) is 0. The molecule has 10 heteroatoms. The average molecular weight is 481 g/mol. The minimum atomic E-state index is -0.112. The Bertz CT molecular complexity index is 1020. The van der Waals surface area contributed by atoms with Crippen molar-refractivity contribution in [3.05, 3.63) is 66.2 Å². The second-order valence-corrected chi connectivity index (χ2v) is 7.75. The van der Waals surface area contributed by atoms with Crippen molar-refractivity contribution < 1.29 is 19.0 Å². The highest BCUT2D eigenvalue weighted by molar-refractivity contribution is 5.94. The Morgan fingerprint density at radius 2 is 1.43 bits per heavy atom. The van der Waals surface area contributed by atoms with Crippen molar-refractivity contribution in [2.45, 2.75) is 19.9 Å². The van der Waals surface area contributed by atoms with Gasteiger partial charge in [-0.05, 0) is 38.1 Å². The molecule has 3 N–H and O–H groups in total. The van der Waals surface area contributed by atoms with Gasteiger partial charge in [-0.15, -0.1) is 0 Å². The molecule has 0 saturated carbocycles. The van der Waals surface area contributed by atoms with Gasteiger partial charge in [-0.2, -0.15) is 15.0 Å². The first-order valence-corrected chi connectivity index (χ1v) is 11.6. The van der Waals surface area contributed by atoms with Crippen LogP contribution in [0.15, 0.2) is 60.7 Å². The largest absolute Gasteiger partial charge is 0.424 e. The normalized spacial score (nSPS) is 10.7. The van der Waals surface area contributed by atoms with Crippen molar-refractivity contribution in [3.63, 3.8) is 0 Å². The Labute approximate surface area is 205 Å². The number of anilines is 2. The number of aromatic nitrogens is 3. The monoisotopic (exact) mass is 480 g/mol. The number of para-hydroxylation sites is 1. The lowest BCUT2D eigenvalue weighted by atomic mass is 10.2. The first-order valence-electron chi connectivity index (χ1n) is 11.6. The fourth-order valence-corrected chi connectivity index (χ4v) is 2.88. The summed E-state index contributed by atoms with van der Waals surface area (Å²) in [4.78, 5) is 25.0. The summed E-state index contributed by atoms with van der Waals surface area (Å²) >= 11 is 0. The summed E-state index contributed by atoms with van der Waals surface area (Å²) in [6, 6.07) is 18.8. The van der Waals surface area contributed by atoms with Crippen LogP contribution >= 0.6 is 0 Å². The zero-order valence-corrected chi connectivity index (χ0v) is 20.1.